The zero-order valence-corrected chi connectivity index (χ0v) is 15.5. The van der Waals surface area contributed by atoms with Crippen LogP contribution in [0.5, 0.6) is 0 Å². The first-order valence-corrected chi connectivity index (χ1v) is 8.15. The first kappa shape index (κ1) is 20.6. The Kier molecular flexibility index (Phi) is 6.00. The van der Waals surface area contributed by atoms with E-state index >= 15 is 0 Å². The Labute approximate surface area is 158 Å². The lowest BCUT2D eigenvalue weighted by Gasteiger charge is -2.22. The van der Waals surface area contributed by atoms with E-state index in [2.05, 4.69) is 15.6 Å². The smallest absolute Gasteiger partial charge is 0.337 e. The molecular weight excluding hydrogens is 383 g/mol. The standard InChI is InChI=1S/C18H17ClF3N3O2/c1-18(2,3)25-9-4-5-23-13(6-9)24-8-11(17(26)27)10-7-12(20)16(22)14(19)15(10)21/h4-8H,1-3H3,(H,26,27)(H2,23,24,25). The van der Waals surface area contributed by atoms with Gasteiger partial charge in [-0.1, -0.05) is 11.6 Å². The first-order chi connectivity index (χ1) is 12.5. The Balaban J connectivity index is 2.38. The Hall–Kier alpha value is -2.74. The Bertz CT molecular complexity index is 911. The summed E-state index contributed by atoms with van der Waals surface area (Å²) < 4.78 is 41.0. The van der Waals surface area contributed by atoms with Gasteiger partial charge in [0.2, 0.25) is 0 Å². The fourth-order valence-electron chi connectivity index (χ4n) is 2.19. The Morgan fingerprint density at radius 3 is 2.48 bits per heavy atom. The molecule has 27 heavy (non-hydrogen) atoms. The normalized spacial score (nSPS) is 12.0. The highest BCUT2D eigenvalue weighted by Gasteiger charge is 2.23. The van der Waals surface area contributed by atoms with Crippen LogP contribution in [-0.4, -0.2) is 21.6 Å². The van der Waals surface area contributed by atoms with Crippen molar-refractivity contribution in [3.05, 3.63) is 58.6 Å². The van der Waals surface area contributed by atoms with Crippen molar-refractivity contribution in [1.82, 2.24) is 4.98 Å². The van der Waals surface area contributed by atoms with Gasteiger partial charge in [-0.15, -0.1) is 0 Å². The van der Waals surface area contributed by atoms with Crippen LogP contribution in [0.25, 0.3) is 5.57 Å². The van der Waals surface area contributed by atoms with E-state index in [1.54, 1.807) is 12.1 Å². The summed E-state index contributed by atoms with van der Waals surface area (Å²) in [6.45, 7) is 5.87. The van der Waals surface area contributed by atoms with Gasteiger partial charge in [0, 0.05) is 35.3 Å². The molecule has 2 aromatic rings. The third kappa shape index (κ3) is 5.13. The molecule has 0 aliphatic rings. The van der Waals surface area contributed by atoms with Crippen LogP contribution >= 0.6 is 11.6 Å². The van der Waals surface area contributed by atoms with E-state index < -0.39 is 39.6 Å². The van der Waals surface area contributed by atoms with E-state index in [9.17, 15) is 23.1 Å². The lowest BCUT2D eigenvalue weighted by Crippen LogP contribution is -2.26. The summed E-state index contributed by atoms with van der Waals surface area (Å²) in [5.41, 5.74) is -0.842. The summed E-state index contributed by atoms with van der Waals surface area (Å²) in [4.78, 5) is 15.5. The molecule has 5 nitrogen and oxygen atoms in total. The molecule has 3 N–H and O–H groups in total. The highest BCUT2D eigenvalue weighted by Crippen LogP contribution is 2.29. The molecule has 0 saturated heterocycles. The molecule has 0 spiro atoms. The number of hydrogen-bond acceptors (Lipinski definition) is 4. The van der Waals surface area contributed by atoms with E-state index in [1.807, 2.05) is 20.8 Å². The molecule has 0 unspecified atom stereocenters. The quantitative estimate of drug-likeness (QED) is 0.379. The second kappa shape index (κ2) is 7.87. The molecule has 0 aliphatic heterocycles. The second-order valence-electron chi connectivity index (χ2n) is 6.66. The van der Waals surface area contributed by atoms with E-state index in [0.717, 1.165) is 6.20 Å². The molecule has 9 heteroatoms. The number of halogens is 4. The SMILES string of the molecule is CC(C)(C)Nc1ccnc(NC=C(C(=O)O)c2cc(F)c(F)c(Cl)c2F)c1. The van der Waals surface area contributed by atoms with Gasteiger partial charge in [-0.3, -0.25) is 0 Å². The van der Waals surface area contributed by atoms with Crippen molar-refractivity contribution in [2.75, 3.05) is 10.6 Å². The van der Waals surface area contributed by atoms with Crippen molar-refractivity contribution in [2.45, 2.75) is 26.3 Å². The van der Waals surface area contributed by atoms with Gasteiger partial charge in [0.15, 0.2) is 17.5 Å². The van der Waals surface area contributed by atoms with Crippen molar-refractivity contribution >= 4 is 34.6 Å². The van der Waals surface area contributed by atoms with Crippen LogP contribution in [0, 0.1) is 17.5 Å². The van der Waals surface area contributed by atoms with Gasteiger partial charge in [-0.05, 0) is 32.9 Å². The number of benzene rings is 1. The van der Waals surface area contributed by atoms with E-state index in [1.165, 1.54) is 6.20 Å². The van der Waals surface area contributed by atoms with Crippen LogP contribution in [0.15, 0.2) is 30.6 Å². The van der Waals surface area contributed by atoms with Gasteiger partial charge in [-0.2, -0.15) is 0 Å². The second-order valence-corrected chi connectivity index (χ2v) is 7.04. The van der Waals surface area contributed by atoms with Crippen LogP contribution in [0.3, 0.4) is 0 Å². The maximum Gasteiger partial charge on any atom is 0.337 e. The van der Waals surface area contributed by atoms with Crippen molar-refractivity contribution in [3.63, 3.8) is 0 Å². The van der Waals surface area contributed by atoms with Crippen molar-refractivity contribution in [1.29, 1.82) is 0 Å². The molecule has 0 bridgehead atoms. The summed E-state index contributed by atoms with van der Waals surface area (Å²) >= 11 is 5.39. The lowest BCUT2D eigenvalue weighted by molar-refractivity contribution is -0.130. The van der Waals surface area contributed by atoms with Gasteiger partial charge in [0.05, 0.1) is 5.57 Å². The van der Waals surface area contributed by atoms with E-state index in [0.29, 0.717) is 11.8 Å². The molecule has 144 valence electrons. The molecule has 0 amide bonds. The number of pyridine rings is 1. The molecule has 0 atom stereocenters. The molecule has 0 radical (unpaired) electrons. The first-order valence-electron chi connectivity index (χ1n) is 7.77. The van der Waals surface area contributed by atoms with Crippen molar-refractivity contribution < 1.29 is 23.1 Å². The number of nitrogens with zero attached hydrogens (tertiary/aromatic N) is 1. The number of aliphatic carboxylic acids is 1. The van der Waals surface area contributed by atoms with Gasteiger partial charge >= 0.3 is 5.97 Å². The van der Waals surface area contributed by atoms with Crippen LogP contribution in [0.4, 0.5) is 24.7 Å². The number of anilines is 2. The zero-order valence-electron chi connectivity index (χ0n) is 14.7. The number of carboxylic acid groups (broad SMARTS) is 1. The summed E-state index contributed by atoms with van der Waals surface area (Å²) in [5.74, 6) is -5.72. The summed E-state index contributed by atoms with van der Waals surface area (Å²) in [6.07, 6.45) is 2.41. The number of aromatic nitrogens is 1. The predicted octanol–water partition coefficient (Wildman–Crippen LogP) is 4.90. The van der Waals surface area contributed by atoms with E-state index in [4.69, 9.17) is 11.6 Å². The number of hydrogen-bond donors (Lipinski definition) is 3. The zero-order chi connectivity index (χ0) is 20.4. The predicted molar refractivity (Wildman–Crippen MR) is 98.2 cm³/mol. The summed E-state index contributed by atoms with van der Waals surface area (Å²) in [6, 6.07) is 3.76. The maximum absolute atomic E-state index is 14.1. The molecule has 0 fully saturated rings. The van der Waals surface area contributed by atoms with Crippen LogP contribution in [0.1, 0.15) is 26.3 Å². The Morgan fingerprint density at radius 2 is 1.89 bits per heavy atom. The molecule has 0 saturated carbocycles. The van der Waals surface area contributed by atoms with Crippen LogP contribution < -0.4 is 10.6 Å². The summed E-state index contributed by atoms with van der Waals surface area (Å²) in [7, 11) is 0. The molecule has 1 heterocycles. The van der Waals surface area contributed by atoms with Gasteiger partial charge in [0.25, 0.3) is 0 Å². The molecule has 1 aromatic heterocycles. The topological polar surface area (TPSA) is 74.2 Å². The monoisotopic (exact) mass is 399 g/mol. The minimum atomic E-state index is -1.58. The Morgan fingerprint density at radius 1 is 1.22 bits per heavy atom. The highest BCUT2D eigenvalue weighted by atomic mass is 35.5. The van der Waals surface area contributed by atoms with E-state index in [-0.39, 0.29) is 11.4 Å². The van der Waals surface area contributed by atoms with Crippen molar-refractivity contribution in [3.8, 4) is 0 Å². The maximum atomic E-state index is 14.1. The fourth-order valence-corrected chi connectivity index (χ4v) is 2.38. The largest absolute Gasteiger partial charge is 0.478 e. The molecule has 2 rings (SSSR count). The van der Waals surface area contributed by atoms with Gasteiger partial charge < -0.3 is 15.7 Å². The number of carbonyl (C=O) groups is 1. The van der Waals surface area contributed by atoms with Crippen LogP contribution in [0.2, 0.25) is 5.02 Å². The number of nitrogens with one attached hydrogen (secondary N) is 2. The fraction of sp³-hybridized carbons (Fsp3) is 0.222. The number of carboxylic acids is 1. The van der Waals surface area contributed by atoms with Crippen molar-refractivity contribution in [2.24, 2.45) is 0 Å². The average molecular weight is 400 g/mol. The number of rotatable bonds is 5. The molecule has 1 aromatic carbocycles. The van der Waals surface area contributed by atoms with Gasteiger partial charge in [0.1, 0.15) is 10.8 Å². The van der Waals surface area contributed by atoms with Crippen LogP contribution in [-0.2, 0) is 4.79 Å². The third-order valence-corrected chi connectivity index (χ3v) is 3.60. The highest BCUT2D eigenvalue weighted by molar-refractivity contribution is 6.31. The lowest BCUT2D eigenvalue weighted by atomic mass is 10.1. The van der Waals surface area contributed by atoms with Gasteiger partial charge in [-0.25, -0.2) is 22.9 Å². The summed E-state index contributed by atoms with van der Waals surface area (Å²) in [5, 5.41) is 14.0. The third-order valence-electron chi connectivity index (χ3n) is 3.27. The molecule has 0 aliphatic carbocycles. The minimum absolute atomic E-state index is 0.216. The minimum Gasteiger partial charge on any atom is -0.478 e. The average Bonchev–Trinajstić information content (AvgIpc) is 2.56. The molecular formula is C18H17ClF3N3O2.